The van der Waals surface area contributed by atoms with Crippen molar-refractivity contribution in [1.29, 1.82) is 0 Å². The number of Topliss-reactive ketones (excluding diaryl/α,β-unsaturated/α-hetero) is 1. The quantitative estimate of drug-likeness (QED) is 0.688. The Morgan fingerprint density at radius 3 is 2.65 bits per heavy atom. The summed E-state index contributed by atoms with van der Waals surface area (Å²) in [6, 6.07) is 3.21. The molecule has 1 unspecified atom stereocenters. The van der Waals surface area contributed by atoms with Gasteiger partial charge in [-0.25, -0.2) is 8.78 Å². The molecule has 5 heteroatoms. The van der Waals surface area contributed by atoms with Crippen LogP contribution in [0.2, 0.25) is 0 Å². The van der Waals surface area contributed by atoms with Crippen LogP contribution in [0.15, 0.2) is 18.2 Å². The molecule has 0 aromatic heterocycles. The third-order valence-corrected chi connectivity index (χ3v) is 3.38. The topological polar surface area (TPSA) is 29.5 Å². The minimum absolute atomic E-state index is 0.0721. The molecule has 0 heterocycles. The molecule has 1 rings (SSSR count). The van der Waals surface area contributed by atoms with Gasteiger partial charge < -0.3 is 4.74 Å². The zero-order valence-electron chi connectivity index (χ0n) is 12.2. The highest BCUT2D eigenvalue weighted by molar-refractivity contribution is 5.97. The molecule has 0 amide bonds. The highest BCUT2D eigenvalue weighted by Crippen LogP contribution is 2.12. The van der Waals surface area contributed by atoms with Gasteiger partial charge in [0, 0.05) is 25.8 Å². The van der Waals surface area contributed by atoms with Crippen molar-refractivity contribution in [3.05, 3.63) is 35.4 Å². The molecule has 0 aliphatic carbocycles. The Labute approximate surface area is 118 Å². The smallest absolute Gasteiger partial charge is 0.179 e. The van der Waals surface area contributed by atoms with Gasteiger partial charge in [0.1, 0.15) is 11.6 Å². The summed E-state index contributed by atoms with van der Waals surface area (Å²) < 4.78 is 31.4. The van der Waals surface area contributed by atoms with Gasteiger partial charge in [0.2, 0.25) is 0 Å². The van der Waals surface area contributed by atoms with Gasteiger partial charge in [0.15, 0.2) is 5.78 Å². The van der Waals surface area contributed by atoms with E-state index in [4.69, 9.17) is 4.74 Å². The van der Waals surface area contributed by atoms with Crippen LogP contribution in [0, 0.1) is 11.6 Å². The molecule has 1 aromatic carbocycles. The molecule has 0 bridgehead atoms. The monoisotopic (exact) mass is 285 g/mol. The Kier molecular flexibility index (Phi) is 6.75. The summed E-state index contributed by atoms with van der Waals surface area (Å²) in [4.78, 5) is 14.1. The summed E-state index contributed by atoms with van der Waals surface area (Å²) in [5.41, 5.74) is -0.0721. The van der Waals surface area contributed by atoms with E-state index in [1.54, 1.807) is 7.11 Å². The van der Waals surface area contributed by atoms with Crippen LogP contribution in [-0.4, -0.2) is 43.5 Å². The number of halogens is 2. The summed E-state index contributed by atoms with van der Waals surface area (Å²) in [5.74, 6) is -1.85. The molecular formula is C15H21F2NO2. The number of ether oxygens (including phenoxy) is 1. The van der Waals surface area contributed by atoms with Crippen molar-refractivity contribution >= 4 is 5.78 Å². The minimum Gasteiger partial charge on any atom is -0.383 e. The van der Waals surface area contributed by atoms with E-state index in [0.29, 0.717) is 13.2 Å². The van der Waals surface area contributed by atoms with Crippen LogP contribution in [0.25, 0.3) is 0 Å². The third kappa shape index (κ3) is 4.65. The van der Waals surface area contributed by atoms with Gasteiger partial charge in [0.25, 0.3) is 0 Å². The van der Waals surface area contributed by atoms with E-state index in [2.05, 4.69) is 0 Å². The first-order chi connectivity index (χ1) is 9.49. The molecule has 0 aliphatic rings. The molecular weight excluding hydrogens is 264 g/mol. The lowest BCUT2D eigenvalue weighted by molar-refractivity contribution is 0.0830. The number of methoxy groups -OCH3 is 1. The first-order valence-corrected chi connectivity index (χ1v) is 6.70. The summed E-state index contributed by atoms with van der Waals surface area (Å²) in [5, 5.41) is 0. The average molecular weight is 285 g/mol. The van der Waals surface area contributed by atoms with Gasteiger partial charge in [-0.05, 0) is 25.5 Å². The standard InChI is InChI=1S/C15H21F2NO2/c1-4-11(2)18(7-8-20-3)10-15(19)13-6-5-12(16)9-14(13)17/h5-6,9,11H,4,7-8,10H2,1-3H3. The Balaban J connectivity index is 2.78. The van der Waals surface area contributed by atoms with Crippen LogP contribution < -0.4 is 0 Å². The molecule has 0 N–H and O–H groups in total. The molecule has 1 atom stereocenters. The van der Waals surface area contributed by atoms with Crippen LogP contribution in [0.3, 0.4) is 0 Å². The fourth-order valence-electron chi connectivity index (χ4n) is 1.91. The molecule has 0 spiro atoms. The second kappa shape index (κ2) is 8.07. The zero-order chi connectivity index (χ0) is 15.1. The Morgan fingerprint density at radius 2 is 2.10 bits per heavy atom. The molecule has 0 saturated carbocycles. The summed E-state index contributed by atoms with van der Waals surface area (Å²) in [6.45, 7) is 5.22. The fourth-order valence-corrected chi connectivity index (χ4v) is 1.91. The molecule has 3 nitrogen and oxygen atoms in total. The molecule has 20 heavy (non-hydrogen) atoms. The van der Waals surface area contributed by atoms with Gasteiger partial charge in [-0.15, -0.1) is 0 Å². The lowest BCUT2D eigenvalue weighted by Crippen LogP contribution is -2.39. The molecule has 0 saturated heterocycles. The van der Waals surface area contributed by atoms with Crippen molar-refractivity contribution < 1.29 is 18.3 Å². The van der Waals surface area contributed by atoms with E-state index >= 15 is 0 Å². The zero-order valence-corrected chi connectivity index (χ0v) is 12.2. The second-order valence-electron chi connectivity index (χ2n) is 4.77. The third-order valence-electron chi connectivity index (χ3n) is 3.38. The highest BCUT2D eigenvalue weighted by atomic mass is 19.1. The maximum Gasteiger partial charge on any atom is 0.179 e. The van der Waals surface area contributed by atoms with Crippen LogP contribution in [0.4, 0.5) is 8.78 Å². The van der Waals surface area contributed by atoms with Gasteiger partial charge in [-0.2, -0.15) is 0 Å². The number of carbonyl (C=O) groups is 1. The summed E-state index contributed by atoms with van der Waals surface area (Å²) in [7, 11) is 1.59. The number of benzene rings is 1. The average Bonchev–Trinajstić information content (AvgIpc) is 2.42. The van der Waals surface area contributed by atoms with Crippen LogP contribution in [0.1, 0.15) is 30.6 Å². The lowest BCUT2D eigenvalue weighted by atomic mass is 10.1. The van der Waals surface area contributed by atoms with E-state index < -0.39 is 11.6 Å². The van der Waals surface area contributed by atoms with Crippen molar-refractivity contribution in [2.75, 3.05) is 26.8 Å². The van der Waals surface area contributed by atoms with Gasteiger partial charge in [0.05, 0.1) is 18.7 Å². The van der Waals surface area contributed by atoms with E-state index in [1.165, 1.54) is 6.07 Å². The first kappa shape index (κ1) is 16.7. The van der Waals surface area contributed by atoms with Crippen molar-refractivity contribution in [1.82, 2.24) is 4.90 Å². The minimum atomic E-state index is -0.814. The number of carbonyl (C=O) groups excluding carboxylic acids is 1. The maximum absolute atomic E-state index is 13.6. The number of rotatable bonds is 8. The Morgan fingerprint density at radius 1 is 1.40 bits per heavy atom. The maximum atomic E-state index is 13.6. The highest BCUT2D eigenvalue weighted by Gasteiger charge is 2.19. The lowest BCUT2D eigenvalue weighted by Gasteiger charge is -2.27. The molecule has 0 radical (unpaired) electrons. The summed E-state index contributed by atoms with van der Waals surface area (Å²) in [6.07, 6.45) is 0.878. The Hall–Kier alpha value is -1.33. The normalized spacial score (nSPS) is 12.7. The number of ketones is 1. The second-order valence-corrected chi connectivity index (χ2v) is 4.77. The van der Waals surface area contributed by atoms with Crippen molar-refractivity contribution in [3.63, 3.8) is 0 Å². The number of nitrogens with zero attached hydrogens (tertiary/aromatic N) is 1. The van der Waals surface area contributed by atoms with Crippen LogP contribution >= 0.6 is 0 Å². The molecule has 112 valence electrons. The van der Waals surface area contributed by atoms with Crippen molar-refractivity contribution in [2.24, 2.45) is 0 Å². The molecule has 1 aromatic rings. The van der Waals surface area contributed by atoms with E-state index in [0.717, 1.165) is 18.6 Å². The molecule has 0 aliphatic heterocycles. The van der Waals surface area contributed by atoms with E-state index in [9.17, 15) is 13.6 Å². The van der Waals surface area contributed by atoms with Gasteiger partial charge in [-0.1, -0.05) is 6.92 Å². The predicted molar refractivity (Wildman–Crippen MR) is 73.9 cm³/mol. The van der Waals surface area contributed by atoms with Crippen molar-refractivity contribution in [3.8, 4) is 0 Å². The Bertz CT molecular complexity index is 451. The summed E-state index contributed by atoms with van der Waals surface area (Å²) >= 11 is 0. The van der Waals surface area contributed by atoms with E-state index in [-0.39, 0.29) is 23.9 Å². The fraction of sp³-hybridized carbons (Fsp3) is 0.533. The van der Waals surface area contributed by atoms with E-state index in [1.807, 2.05) is 18.7 Å². The number of hydrogen-bond acceptors (Lipinski definition) is 3. The molecule has 0 fully saturated rings. The number of hydrogen-bond donors (Lipinski definition) is 0. The van der Waals surface area contributed by atoms with Gasteiger partial charge in [-0.3, -0.25) is 9.69 Å². The first-order valence-electron chi connectivity index (χ1n) is 6.70. The van der Waals surface area contributed by atoms with Crippen molar-refractivity contribution in [2.45, 2.75) is 26.3 Å². The van der Waals surface area contributed by atoms with Crippen LogP contribution in [-0.2, 0) is 4.74 Å². The SMILES string of the molecule is CCC(C)N(CCOC)CC(=O)c1ccc(F)cc1F. The van der Waals surface area contributed by atoms with Crippen LogP contribution in [0.5, 0.6) is 0 Å². The van der Waals surface area contributed by atoms with Gasteiger partial charge >= 0.3 is 0 Å². The largest absolute Gasteiger partial charge is 0.383 e. The predicted octanol–water partition coefficient (Wildman–Crippen LogP) is 2.89.